The van der Waals surface area contributed by atoms with Crippen molar-refractivity contribution in [2.75, 3.05) is 31.6 Å². The second kappa shape index (κ2) is 7.06. The minimum atomic E-state index is -0.543. The van der Waals surface area contributed by atoms with E-state index in [1.807, 2.05) is 11.8 Å². The first-order chi connectivity index (χ1) is 11.5. The van der Waals surface area contributed by atoms with E-state index in [4.69, 9.17) is 4.74 Å². The summed E-state index contributed by atoms with van der Waals surface area (Å²) in [5.41, 5.74) is 0.725. The molecule has 2 aromatic rings. The van der Waals surface area contributed by atoms with Crippen LogP contribution in [0.25, 0.3) is 0 Å². The molecular formula is C16H20FN5O2. The number of nitrogens with zero attached hydrogens (tertiary/aromatic N) is 4. The second-order valence-electron chi connectivity index (χ2n) is 5.70. The Labute approximate surface area is 139 Å². The normalized spacial score (nSPS) is 16.8. The lowest BCUT2D eigenvalue weighted by Crippen LogP contribution is -2.44. The molecule has 0 spiro atoms. The molecule has 0 unspecified atom stereocenters. The highest BCUT2D eigenvalue weighted by Gasteiger charge is 2.29. The standard InChI is InChI=1S/C16H20FN5O2/c1-11-18-16(20-21(11)2)19-15(23)14(22-7-9-24-10-8-22)12-3-5-13(17)6-4-12/h3-6,14H,7-10H2,1-2H3,(H,19,20,23)/t14-/m1/s1. The van der Waals surface area contributed by atoms with Crippen molar-refractivity contribution >= 4 is 11.9 Å². The third-order valence-electron chi connectivity index (χ3n) is 4.06. The Balaban J connectivity index is 1.85. The summed E-state index contributed by atoms with van der Waals surface area (Å²) in [4.78, 5) is 19.1. The Morgan fingerprint density at radius 2 is 1.96 bits per heavy atom. The number of ether oxygens (including phenoxy) is 1. The number of aryl methyl sites for hydroxylation is 2. The first-order valence-electron chi connectivity index (χ1n) is 7.80. The van der Waals surface area contributed by atoms with Gasteiger partial charge in [-0.3, -0.25) is 19.7 Å². The topological polar surface area (TPSA) is 72.3 Å². The summed E-state index contributed by atoms with van der Waals surface area (Å²) in [6, 6.07) is 5.44. The smallest absolute Gasteiger partial charge is 0.249 e. The number of rotatable bonds is 4. The Morgan fingerprint density at radius 1 is 1.29 bits per heavy atom. The van der Waals surface area contributed by atoms with Gasteiger partial charge in [0.15, 0.2) is 0 Å². The molecule has 1 N–H and O–H groups in total. The molecular weight excluding hydrogens is 313 g/mol. The summed E-state index contributed by atoms with van der Waals surface area (Å²) < 4.78 is 20.2. The van der Waals surface area contributed by atoms with E-state index in [0.29, 0.717) is 32.1 Å². The molecule has 0 saturated carbocycles. The third-order valence-corrected chi connectivity index (χ3v) is 4.06. The third kappa shape index (κ3) is 3.60. The monoisotopic (exact) mass is 333 g/mol. The molecule has 0 aliphatic carbocycles. The van der Waals surface area contributed by atoms with E-state index in [1.165, 1.54) is 12.1 Å². The maximum absolute atomic E-state index is 13.2. The number of halogens is 1. The number of morpholine rings is 1. The van der Waals surface area contributed by atoms with E-state index < -0.39 is 6.04 Å². The van der Waals surface area contributed by atoms with Gasteiger partial charge in [0.25, 0.3) is 0 Å². The largest absolute Gasteiger partial charge is 0.379 e. The van der Waals surface area contributed by atoms with Crippen LogP contribution in [0.1, 0.15) is 17.4 Å². The van der Waals surface area contributed by atoms with Gasteiger partial charge in [-0.25, -0.2) is 4.39 Å². The minimum Gasteiger partial charge on any atom is -0.379 e. The van der Waals surface area contributed by atoms with Crippen LogP contribution in [0.5, 0.6) is 0 Å². The molecule has 2 heterocycles. The van der Waals surface area contributed by atoms with Gasteiger partial charge in [-0.15, -0.1) is 5.10 Å². The van der Waals surface area contributed by atoms with E-state index in [1.54, 1.807) is 23.9 Å². The lowest BCUT2D eigenvalue weighted by Gasteiger charge is -2.33. The van der Waals surface area contributed by atoms with Crippen LogP contribution in [-0.4, -0.2) is 51.9 Å². The molecule has 128 valence electrons. The van der Waals surface area contributed by atoms with Gasteiger partial charge >= 0.3 is 0 Å². The zero-order valence-corrected chi connectivity index (χ0v) is 13.7. The van der Waals surface area contributed by atoms with E-state index in [9.17, 15) is 9.18 Å². The number of hydrogen-bond acceptors (Lipinski definition) is 5. The fraction of sp³-hybridized carbons (Fsp3) is 0.438. The van der Waals surface area contributed by atoms with E-state index >= 15 is 0 Å². The number of hydrogen-bond donors (Lipinski definition) is 1. The van der Waals surface area contributed by atoms with Gasteiger partial charge in [0.2, 0.25) is 11.9 Å². The van der Waals surface area contributed by atoms with Crippen molar-refractivity contribution < 1.29 is 13.9 Å². The van der Waals surface area contributed by atoms with Crippen molar-refractivity contribution in [3.05, 3.63) is 41.5 Å². The fourth-order valence-corrected chi connectivity index (χ4v) is 2.70. The van der Waals surface area contributed by atoms with Gasteiger partial charge in [0.1, 0.15) is 17.7 Å². The van der Waals surface area contributed by atoms with Crippen molar-refractivity contribution in [1.82, 2.24) is 19.7 Å². The van der Waals surface area contributed by atoms with E-state index in [2.05, 4.69) is 15.4 Å². The highest BCUT2D eigenvalue weighted by molar-refractivity contribution is 5.94. The molecule has 3 rings (SSSR count). The average molecular weight is 333 g/mol. The van der Waals surface area contributed by atoms with Crippen LogP contribution in [0.2, 0.25) is 0 Å². The molecule has 8 heteroatoms. The number of amides is 1. The molecule has 1 aromatic carbocycles. The quantitative estimate of drug-likeness (QED) is 0.912. The molecule has 0 bridgehead atoms. The number of carbonyl (C=O) groups is 1. The van der Waals surface area contributed by atoms with Crippen LogP contribution in [0, 0.1) is 12.7 Å². The predicted molar refractivity (Wildman–Crippen MR) is 85.9 cm³/mol. The molecule has 1 atom stereocenters. The number of aromatic nitrogens is 3. The molecule has 1 saturated heterocycles. The number of anilines is 1. The van der Waals surface area contributed by atoms with Crippen molar-refractivity contribution in [1.29, 1.82) is 0 Å². The first kappa shape index (κ1) is 16.5. The molecule has 1 aliphatic rings. The van der Waals surface area contributed by atoms with Crippen molar-refractivity contribution in [2.24, 2.45) is 7.05 Å². The van der Waals surface area contributed by atoms with Gasteiger partial charge in [0.05, 0.1) is 13.2 Å². The van der Waals surface area contributed by atoms with Crippen LogP contribution < -0.4 is 5.32 Å². The maximum atomic E-state index is 13.2. The summed E-state index contributed by atoms with van der Waals surface area (Å²) >= 11 is 0. The van der Waals surface area contributed by atoms with Crippen LogP contribution in [0.3, 0.4) is 0 Å². The molecule has 7 nitrogen and oxygen atoms in total. The molecule has 0 radical (unpaired) electrons. The van der Waals surface area contributed by atoms with Gasteiger partial charge in [-0.1, -0.05) is 12.1 Å². The summed E-state index contributed by atoms with van der Waals surface area (Å²) in [5.74, 6) is 0.395. The summed E-state index contributed by atoms with van der Waals surface area (Å²) in [6.45, 7) is 4.19. The summed E-state index contributed by atoms with van der Waals surface area (Å²) in [5, 5.41) is 6.91. The van der Waals surface area contributed by atoms with Gasteiger partial charge in [0, 0.05) is 20.1 Å². The first-order valence-corrected chi connectivity index (χ1v) is 7.80. The van der Waals surface area contributed by atoms with Crippen molar-refractivity contribution in [2.45, 2.75) is 13.0 Å². The van der Waals surface area contributed by atoms with Crippen LogP contribution in [-0.2, 0) is 16.6 Å². The molecule has 1 aliphatic heterocycles. The summed E-state index contributed by atoms with van der Waals surface area (Å²) in [6.07, 6.45) is 0. The van der Waals surface area contributed by atoms with Gasteiger partial charge in [-0.05, 0) is 24.6 Å². The van der Waals surface area contributed by atoms with Gasteiger partial charge < -0.3 is 4.74 Å². The van der Waals surface area contributed by atoms with Crippen LogP contribution in [0.15, 0.2) is 24.3 Å². The van der Waals surface area contributed by atoms with Gasteiger partial charge in [-0.2, -0.15) is 4.98 Å². The van der Waals surface area contributed by atoms with Crippen LogP contribution >= 0.6 is 0 Å². The Morgan fingerprint density at radius 3 is 2.54 bits per heavy atom. The Bertz CT molecular complexity index is 690. The summed E-state index contributed by atoms with van der Waals surface area (Å²) in [7, 11) is 1.76. The average Bonchev–Trinajstić information content (AvgIpc) is 2.88. The molecule has 1 amide bonds. The Kier molecular flexibility index (Phi) is 4.86. The zero-order chi connectivity index (χ0) is 17.1. The highest BCUT2D eigenvalue weighted by Crippen LogP contribution is 2.23. The number of carbonyl (C=O) groups excluding carboxylic acids is 1. The minimum absolute atomic E-state index is 0.242. The number of benzene rings is 1. The molecule has 24 heavy (non-hydrogen) atoms. The highest BCUT2D eigenvalue weighted by atomic mass is 19.1. The van der Waals surface area contributed by atoms with E-state index in [0.717, 1.165) is 5.56 Å². The lowest BCUT2D eigenvalue weighted by atomic mass is 10.0. The second-order valence-corrected chi connectivity index (χ2v) is 5.70. The SMILES string of the molecule is Cc1nc(NC(=O)[C@@H](c2ccc(F)cc2)N2CCOCC2)nn1C. The fourth-order valence-electron chi connectivity index (χ4n) is 2.70. The van der Waals surface area contributed by atoms with E-state index in [-0.39, 0.29) is 17.7 Å². The molecule has 1 fully saturated rings. The molecule has 1 aromatic heterocycles. The lowest BCUT2D eigenvalue weighted by molar-refractivity contribution is -0.123. The Hall–Kier alpha value is -2.32. The van der Waals surface area contributed by atoms with Crippen molar-refractivity contribution in [3.63, 3.8) is 0 Å². The maximum Gasteiger partial charge on any atom is 0.249 e. The van der Waals surface area contributed by atoms with Crippen LogP contribution in [0.4, 0.5) is 10.3 Å². The predicted octanol–water partition coefficient (Wildman–Crippen LogP) is 1.27. The van der Waals surface area contributed by atoms with Crippen molar-refractivity contribution in [3.8, 4) is 0 Å². The zero-order valence-electron chi connectivity index (χ0n) is 13.7. The number of nitrogens with one attached hydrogen (secondary N) is 1.